The van der Waals surface area contributed by atoms with Gasteiger partial charge in [-0.15, -0.1) is 0 Å². The van der Waals surface area contributed by atoms with Crippen LogP contribution in [0, 0.1) is 17.8 Å². The fraction of sp³-hybridized carbons (Fsp3) is 0.800. The van der Waals surface area contributed by atoms with Crippen molar-refractivity contribution in [1.29, 1.82) is 0 Å². The molecule has 3 nitrogen and oxygen atoms in total. The summed E-state index contributed by atoms with van der Waals surface area (Å²) in [6.07, 6.45) is 7.38. The van der Waals surface area contributed by atoms with Crippen molar-refractivity contribution in [2.75, 3.05) is 0 Å². The van der Waals surface area contributed by atoms with Crippen molar-refractivity contribution in [3.8, 4) is 0 Å². The van der Waals surface area contributed by atoms with Gasteiger partial charge in [-0.2, -0.15) is 0 Å². The number of hydrogen-bond acceptors (Lipinski definition) is 3. The summed E-state index contributed by atoms with van der Waals surface area (Å²) >= 11 is 0. The van der Waals surface area contributed by atoms with Gasteiger partial charge >= 0.3 is 0 Å². The van der Waals surface area contributed by atoms with Crippen LogP contribution in [0.3, 0.4) is 0 Å². The molecule has 0 amide bonds. The highest BCUT2D eigenvalue weighted by molar-refractivity contribution is 5.21. The summed E-state index contributed by atoms with van der Waals surface area (Å²) in [5.74, 6) is 0.147. The Morgan fingerprint density at radius 2 is 1.78 bits per heavy atom. The summed E-state index contributed by atoms with van der Waals surface area (Å²) in [4.78, 5) is 0. The van der Waals surface area contributed by atoms with E-state index in [-0.39, 0.29) is 17.8 Å². The molecule has 1 saturated carbocycles. The van der Waals surface area contributed by atoms with Crippen molar-refractivity contribution < 1.29 is 15.3 Å². The monoisotopic (exact) mass is 322 g/mol. The average molecular weight is 322 g/mol. The molecule has 5 atom stereocenters. The minimum absolute atomic E-state index is 0.0326. The molecule has 0 aliphatic heterocycles. The number of rotatable bonds is 1. The molecule has 132 valence electrons. The van der Waals surface area contributed by atoms with Crippen LogP contribution in [0.1, 0.15) is 66.7 Å². The largest absolute Gasteiger partial charge is 0.390 e. The van der Waals surface area contributed by atoms with Gasteiger partial charge in [-0.05, 0) is 70.3 Å². The van der Waals surface area contributed by atoms with Gasteiger partial charge in [0, 0.05) is 5.92 Å². The fourth-order valence-corrected chi connectivity index (χ4v) is 4.42. The number of allylic oxidation sites excluding steroid dienone is 1. The van der Waals surface area contributed by atoms with E-state index in [0.29, 0.717) is 19.3 Å². The summed E-state index contributed by atoms with van der Waals surface area (Å²) in [5.41, 5.74) is 0.548. The number of aliphatic hydroxyl groups is 3. The van der Waals surface area contributed by atoms with Gasteiger partial charge < -0.3 is 15.3 Å². The van der Waals surface area contributed by atoms with E-state index in [1.54, 1.807) is 0 Å². The molecule has 2 rings (SSSR count). The maximum atomic E-state index is 11.0. The van der Waals surface area contributed by atoms with Crippen molar-refractivity contribution in [3.05, 3.63) is 23.3 Å². The zero-order chi connectivity index (χ0) is 17.4. The van der Waals surface area contributed by atoms with E-state index >= 15 is 0 Å². The van der Waals surface area contributed by atoms with Crippen LogP contribution in [-0.4, -0.2) is 32.6 Å². The number of aliphatic hydroxyl groups excluding tert-OH is 1. The Morgan fingerprint density at radius 3 is 2.39 bits per heavy atom. The lowest BCUT2D eigenvalue weighted by Crippen LogP contribution is -2.41. The summed E-state index contributed by atoms with van der Waals surface area (Å²) in [6.45, 7) is 10.0. The molecule has 0 aromatic rings. The highest BCUT2D eigenvalue weighted by atomic mass is 16.3. The van der Waals surface area contributed by atoms with Crippen molar-refractivity contribution in [2.45, 2.75) is 84.0 Å². The molecule has 5 unspecified atom stereocenters. The third kappa shape index (κ3) is 4.07. The lowest BCUT2D eigenvalue weighted by atomic mass is 9.74. The minimum atomic E-state index is -0.814. The summed E-state index contributed by atoms with van der Waals surface area (Å²) < 4.78 is 0. The third-order valence-corrected chi connectivity index (χ3v) is 5.99. The van der Waals surface area contributed by atoms with Gasteiger partial charge in [0.25, 0.3) is 0 Å². The quantitative estimate of drug-likeness (QED) is 0.647. The van der Waals surface area contributed by atoms with Crippen LogP contribution in [0.5, 0.6) is 0 Å². The first-order valence-electron chi connectivity index (χ1n) is 9.04. The second kappa shape index (κ2) is 6.70. The van der Waals surface area contributed by atoms with Crippen LogP contribution in [0.25, 0.3) is 0 Å². The molecule has 23 heavy (non-hydrogen) atoms. The summed E-state index contributed by atoms with van der Waals surface area (Å²) in [5, 5.41) is 32.6. The van der Waals surface area contributed by atoms with E-state index in [0.717, 1.165) is 18.4 Å². The van der Waals surface area contributed by atoms with Gasteiger partial charge in [0.1, 0.15) is 0 Å². The second-order valence-electron chi connectivity index (χ2n) is 8.52. The molecule has 0 bridgehead atoms. The normalized spacial score (nSPS) is 42.7. The van der Waals surface area contributed by atoms with E-state index in [4.69, 9.17) is 0 Å². The van der Waals surface area contributed by atoms with Crippen LogP contribution in [0.4, 0.5) is 0 Å². The second-order valence-corrected chi connectivity index (χ2v) is 8.52. The minimum Gasteiger partial charge on any atom is -0.390 e. The van der Waals surface area contributed by atoms with E-state index in [1.807, 2.05) is 20.8 Å². The predicted molar refractivity (Wildman–Crippen MR) is 94.0 cm³/mol. The Kier molecular flexibility index (Phi) is 5.44. The van der Waals surface area contributed by atoms with Crippen molar-refractivity contribution in [1.82, 2.24) is 0 Å². The van der Waals surface area contributed by atoms with Gasteiger partial charge in [0.2, 0.25) is 0 Å². The fourth-order valence-electron chi connectivity index (χ4n) is 4.42. The first-order chi connectivity index (χ1) is 10.5. The van der Waals surface area contributed by atoms with Gasteiger partial charge in [0.15, 0.2) is 0 Å². The maximum absolute atomic E-state index is 11.0. The molecular formula is C20H34O3. The molecule has 0 radical (unpaired) electrons. The third-order valence-electron chi connectivity index (χ3n) is 5.99. The molecule has 0 spiro atoms. The lowest BCUT2D eigenvalue weighted by molar-refractivity contribution is -0.0455. The van der Waals surface area contributed by atoms with Crippen LogP contribution in [-0.2, 0) is 0 Å². The van der Waals surface area contributed by atoms with E-state index in [9.17, 15) is 15.3 Å². The first kappa shape index (κ1) is 18.7. The summed E-state index contributed by atoms with van der Waals surface area (Å²) in [7, 11) is 0. The summed E-state index contributed by atoms with van der Waals surface area (Å²) in [6, 6.07) is 0. The molecule has 2 aliphatic rings. The van der Waals surface area contributed by atoms with Crippen molar-refractivity contribution >= 4 is 0 Å². The molecule has 3 heteroatoms. The van der Waals surface area contributed by atoms with Gasteiger partial charge in [-0.3, -0.25) is 0 Å². The Bertz CT molecular complexity index is 485. The first-order valence-corrected chi connectivity index (χ1v) is 9.04. The maximum Gasteiger partial charge on any atom is 0.0789 e. The number of hydrogen-bond donors (Lipinski definition) is 3. The van der Waals surface area contributed by atoms with E-state index in [2.05, 4.69) is 26.0 Å². The van der Waals surface area contributed by atoms with Crippen LogP contribution in [0.15, 0.2) is 23.3 Å². The molecule has 0 heterocycles. The molecule has 0 saturated heterocycles. The molecule has 3 N–H and O–H groups in total. The van der Waals surface area contributed by atoms with Crippen LogP contribution >= 0.6 is 0 Å². The van der Waals surface area contributed by atoms with Crippen LogP contribution < -0.4 is 0 Å². The Hall–Kier alpha value is -0.640. The molecular weight excluding hydrogens is 288 g/mol. The van der Waals surface area contributed by atoms with Gasteiger partial charge in [-0.25, -0.2) is 0 Å². The van der Waals surface area contributed by atoms with E-state index < -0.39 is 17.3 Å². The highest BCUT2D eigenvalue weighted by Gasteiger charge is 2.49. The van der Waals surface area contributed by atoms with Crippen LogP contribution in [0.2, 0.25) is 0 Å². The number of fused-ring (bicyclic) bond motifs is 1. The Balaban J connectivity index is 2.49. The Labute approximate surface area is 141 Å². The van der Waals surface area contributed by atoms with Gasteiger partial charge in [0.05, 0.1) is 17.3 Å². The van der Waals surface area contributed by atoms with Crippen molar-refractivity contribution in [3.63, 3.8) is 0 Å². The van der Waals surface area contributed by atoms with Gasteiger partial charge in [-0.1, -0.05) is 31.6 Å². The smallest absolute Gasteiger partial charge is 0.0789 e. The molecule has 0 aromatic carbocycles. The zero-order valence-electron chi connectivity index (χ0n) is 15.3. The zero-order valence-corrected chi connectivity index (χ0v) is 15.3. The Morgan fingerprint density at radius 1 is 1.13 bits per heavy atom. The molecule has 2 aliphatic carbocycles. The predicted octanol–water partition coefficient (Wildman–Crippen LogP) is 3.59. The standard InChI is InChI=1S/C20H34O3/c1-13(2)15-12-17-16(8-10-20(17,5)23)19(4,22)9-6-7-14(3)11-18(15)21/h7,12-13,16-18,21-23H,6,8-11H2,1-5H3. The topological polar surface area (TPSA) is 60.7 Å². The van der Waals surface area contributed by atoms with Crippen molar-refractivity contribution in [2.24, 2.45) is 17.8 Å². The lowest BCUT2D eigenvalue weighted by Gasteiger charge is -2.37. The highest BCUT2D eigenvalue weighted by Crippen LogP contribution is 2.48. The molecule has 1 fully saturated rings. The SMILES string of the molecule is CC1=CCCC(C)(O)C2CCC(C)(O)C2C=C(C(C)C)C(O)C1. The molecule has 0 aromatic heterocycles. The average Bonchev–Trinajstić information content (AvgIpc) is 2.69. The van der Waals surface area contributed by atoms with E-state index in [1.165, 1.54) is 5.57 Å².